The molecule has 21 heavy (non-hydrogen) atoms. The Balaban J connectivity index is 2.30. The summed E-state index contributed by atoms with van der Waals surface area (Å²) in [7, 11) is -4.14. The lowest BCUT2D eigenvalue weighted by atomic mass is 9.96. The summed E-state index contributed by atoms with van der Waals surface area (Å²) < 4.78 is 54.2. The zero-order valence-corrected chi connectivity index (χ0v) is 13.2. The Labute approximate surface area is 127 Å². The highest BCUT2D eigenvalue weighted by atomic mass is 32.2. The number of sulfonamides is 1. The highest BCUT2D eigenvalue weighted by Gasteiger charge is 2.31. The maximum Gasteiger partial charge on any atom is 0.243 e. The zero-order chi connectivity index (χ0) is 15.6. The molecule has 2 unspecified atom stereocenters. The predicted molar refractivity (Wildman–Crippen MR) is 80.7 cm³/mol. The van der Waals surface area contributed by atoms with Gasteiger partial charge >= 0.3 is 0 Å². The van der Waals surface area contributed by atoms with E-state index in [0.29, 0.717) is 6.42 Å². The Morgan fingerprint density at radius 3 is 2.62 bits per heavy atom. The molecule has 0 heterocycles. The predicted octanol–water partition coefficient (Wildman–Crippen LogP) is 2.50. The van der Waals surface area contributed by atoms with Crippen LogP contribution in [0.1, 0.15) is 25.7 Å². The Morgan fingerprint density at radius 2 is 1.95 bits per heavy atom. The summed E-state index contributed by atoms with van der Waals surface area (Å²) >= 11 is 1.58. The molecule has 1 aromatic rings. The van der Waals surface area contributed by atoms with Gasteiger partial charge in [-0.1, -0.05) is 12.8 Å². The SMILES string of the molecule is CSC1CCCCC1NS(=O)(=O)c1cc(N)cc(F)c1F. The van der Waals surface area contributed by atoms with E-state index in [4.69, 9.17) is 5.73 Å². The van der Waals surface area contributed by atoms with E-state index >= 15 is 0 Å². The van der Waals surface area contributed by atoms with Crippen molar-refractivity contribution in [1.29, 1.82) is 0 Å². The molecule has 2 atom stereocenters. The maximum atomic E-state index is 13.8. The van der Waals surface area contributed by atoms with Crippen LogP contribution in [0.25, 0.3) is 0 Å². The Kier molecular flexibility index (Phi) is 5.11. The molecule has 1 aromatic carbocycles. The number of thioether (sulfide) groups is 1. The van der Waals surface area contributed by atoms with Crippen molar-refractivity contribution in [3.05, 3.63) is 23.8 Å². The Morgan fingerprint density at radius 1 is 1.29 bits per heavy atom. The molecule has 8 heteroatoms. The van der Waals surface area contributed by atoms with Gasteiger partial charge in [0.2, 0.25) is 10.0 Å². The van der Waals surface area contributed by atoms with Gasteiger partial charge in [0, 0.05) is 17.0 Å². The van der Waals surface area contributed by atoms with E-state index in [-0.39, 0.29) is 17.0 Å². The first-order valence-electron chi connectivity index (χ1n) is 6.65. The third-order valence-electron chi connectivity index (χ3n) is 3.62. The Bertz CT molecular complexity index is 623. The van der Waals surface area contributed by atoms with Gasteiger partial charge in [0.1, 0.15) is 4.90 Å². The lowest BCUT2D eigenvalue weighted by Crippen LogP contribution is -2.43. The second-order valence-corrected chi connectivity index (χ2v) is 7.86. The van der Waals surface area contributed by atoms with E-state index in [1.54, 1.807) is 11.8 Å². The molecule has 118 valence electrons. The summed E-state index contributed by atoms with van der Waals surface area (Å²) in [6.07, 6.45) is 5.47. The second-order valence-electron chi connectivity index (χ2n) is 5.10. The number of hydrogen-bond donors (Lipinski definition) is 2. The van der Waals surface area contributed by atoms with Crippen LogP contribution in [0.5, 0.6) is 0 Å². The van der Waals surface area contributed by atoms with Crippen molar-refractivity contribution in [2.24, 2.45) is 0 Å². The summed E-state index contributed by atoms with van der Waals surface area (Å²) in [5, 5.41) is 0.141. The van der Waals surface area contributed by atoms with Gasteiger partial charge in [0.15, 0.2) is 11.6 Å². The Hall–Kier alpha value is -0.860. The van der Waals surface area contributed by atoms with Crippen molar-refractivity contribution < 1.29 is 17.2 Å². The minimum absolute atomic E-state index is 0.126. The molecule has 0 radical (unpaired) electrons. The van der Waals surface area contributed by atoms with Crippen LogP contribution in [0.2, 0.25) is 0 Å². The molecule has 1 aliphatic carbocycles. The van der Waals surface area contributed by atoms with Gasteiger partial charge in [-0.3, -0.25) is 0 Å². The fourth-order valence-corrected chi connectivity index (χ4v) is 5.01. The van der Waals surface area contributed by atoms with Gasteiger partial charge in [0.25, 0.3) is 0 Å². The molecule has 1 aliphatic rings. The van der Waals surface area contributed by atoms with Crippen molar-refractivity contribution in [3.63, 3.8) is 0 Å². The monoisotopic (exact) mass is 336 g/mol. The summed E-state index contributed by atoms with van der Waals surface area (Å²) in [6, 6.07) is 1.43. The number of halogens is 2. The van der Waals surface area contributed by atoms with Crippen LogP contribution in [-0.4, -0.2) is 26.0 Å². The van der Waals surface area contributed by atoms with Gasteiger partial charge < -0.3 is 5.73 Å². The molecule has 0 saturated heterocycles. The minimum atomic E-state index is -4.14. The molecular weight excluding hydrogens is 318 g/mol. The average molecular weight is 336 g/mol. The van der Waals surface area contributed by atoms with Crippen LogP contribution in [0.4, 0.5) is 14.5 Å². The molecule has 4 nitrogen and oxygen atoms in total. The van der Waals surface area contributed by atoms with E-state index in [1.807, 2.05) is 6.26 Å². The third kappa shape index (κ3) is 3.67. The molecule has 0 aliphatic heterocycles. The first kappa shape index (κ1) is 16.5. The van der Waals surface area contributed by atoms with Crippen LogP contribution in [0.15, 0.2) is 17.0 Å². The van der Waals surface area contributed by atoms with Crippen LogP contribution in [0, 0.1) is 11.6 Å². The van der Waals surface area contributed by atoms with Gasteiger partial charge in [-0.2, -0.15) is 11.8 Å². The molecule has 0 aromatic heterocycles. The van der Waals surface area contributed by atoms with Crippen molar-refractivity contribution in [3.8, 4) is 0 Å². The van der Waals surface area contributed by atoms with Gasteiger partial charge in [0.05, 0.1) is 0 Å². The van der Waals surface area contributed by atoms with Crippen molar-refractivity contribution >= 4 is 27.5 Å². The quantitative estimate of drug-likeness (QED) is 0.829. The second kappa shape index (κ2) is 6.50. The van der Waals surface area contributed by atoms with E-state index in [9.17, 15) is 17.2 Å². The average Bonchev–Trinajstić information content (AvgIpc) is 2.43. The smallest absolute Gasteiger partial charge is 0.243 e. The summed E-state index contributed by atoms with van der Waals surface area (Å²) in [6.45, 7) is 0. The van der Waals surface area contributed by atoms with E-state index in [0.717, 1.165) is 31.4 Å². The molecule has 1 saturated carbocycles. The van der Waals surface area contributed by atoms with Gasteiger partial charge in [-0.15, -0.1) is 0 Å². The lowest BCUT2D eigenvalue weighted by Gasteiger charge is -2.30. The number of nitrogens with two attached hydrogens (primary N) is 1. The molecule has 3 N–H and O–H groups in total. The lowest BCUT2D eigenvalue weighted by molar-refractivity contribution is 0.421. The largest absolute Gasteiger partial charge is 0.399 e. The van der Waals surface area contributed by atoms with Crippen LogP contribution >= 0.6 is 11.8 Å². The normalized spacial score (nSPS) is 23.2. The topological polar surface area (TPSA) is 72.2 Å². The van der Waals surface area contributed by atoms with Crippen molar-refractivity contribution in [2.45, 2.75) is 41.9 Å². The molecular formula is C13H18F2N2O2S2. The van der Waals surface area contributed by atoms with Gasteiger partial charge in [-0.25, -0.2) is 21.9 Å². The van der Waals surface area contributed by atoms with Crippen molar-refractivity contribution in [2.75, 3.05) is 12.0 Å². The van der Waals surface area contributed by atoms with E-state index in [1.165, 1.54) is 0 Å². The molecule has 0 amide bonds. The number of nitrogens with one attached hydrogen (secondary N) is 1. The number of benzene rings is 1. The minimum Gasteiger partial charge on any atom is -0.399 e. The summed E-state index contributed by atoms with van der Waals surface area (Å²) in [5.41, 5.74) is 5.28. The third-order valence-corrected chi connectivity index (χ3v) is 6.28. The number of rotatable bonds is 4. The zero-order valence-electron chi connectivity index (χ0n) is 11.6. The number of hydrogen-bond acceptors (Lipinski definition) is 4. The van der Waals surface area contributed by atoms with Crippen molar-refractivity contribution in [1.82, 2.24) is 4.72 Å². The first-order valence-corrected chi connectivity index (χ1v) is 9.42. The van der Waals surface area contributed by atoms with E-state index in [2.05, 4.69) is 4.72 Å². The van der Waals surface area contributed by atoms with Crippen LogP contribution in [0.3, 0.4) is 0 Å². The van der Waals surface area contributed by atoms with Gasteiger partial charge in [-0.05, 0) is 31.2 Å². The molecule has 1 fully saturated rings. The fraction of sp³-hybridized carbons (Fsp3) is 0.538. The number of nitrogen functional groups attached to an aromatic ring is 1. The fourth-order valence-electron chi connectivity index (χ4n) is 2.56. The van der Waals surface area contributed by atoms with E-state index < -0.39 is 26.6 Å². The molecule has 0 bridgehead atoms. The van der Waals surface area contributed by atoms with Crippen LogP contribution in [-0.2, 0) is 10.0 Å². The molecule has 2 rings (SSSR count). The summed E-state index contributed by atoms with van der Waals surface area (Å²) in [5.74, 6) is -2.66. The molecule has 0 spiro atoms. The first-order chi connectivity index (χ1) is 9.85. The highest BCUT2D eigenvalue weighted by molar-refractivity contribution is 7.99. The number of anilines is 1. The summed E-state index contributed by atoms with van der Waals surface area (Å²) in [4.78, 5) is -0.731. The maximum absolute atomic E-state index is 13.8. The van der Waals surface area contributed by atoms with Crippen LogP contribution < -0.4 is 10.5 Å². The highest BCUT2D eigenvalue weighted by Crippen LogP contribution is 2.29. The standard InChI is InChI=1S/C13H18F2N2O2S2/c1-20-11-5-3-2-4-10(11)17-21(18,19)12-7-8(16)6-9(14)13(12)15/h6-7,10-11,17H,2-5,16H2,1H3.